The monoisotopic (exact) mass is 471 g/mol. The van der Waals surface area contributed by atoms with Crippen molar-refractivity contribution < 1.29 is 28.6 Å². The molecule has 1 aliphatic carbocycles. The maximum atomic E-state index is 13.2. The Hall–Kier alpha value is -2.22. The number of carbonyl (C=O) groups excluding carboxylic acids is 2. The summed E-state index contributed by atoms with van der Waals surface area (Å²) in [7, 11) is 1.68. The first kappa shape index (κ1) is 24.9. The second-order valence-electron chi connectivity index (χ2n) is 9.64. The van der Waals surface area contributed by atoms with Crippen LogP contribution in [-0.2, 0) is 25.7 Å². The molecule has 0 bridgehead atoms. The first-order valence-corrected chi connectivity index (χ1v) is 12.6. The van der Waals surface area contributed by atoms with Crippen molar-refractivity contribution in [3.05, 3.63) is 40.4 Å². The van der Waals surface area contributed by atoms with Crippen LogP contribution in [0.25, 0.3) is 6.08 Å². The highest BCUT2D eigenvalue weighted by Gasteiger charge is 2.56. The van der Waals surface area contributed by atoms with Gasteiger partial charge in [-0.05, 0) is 61.5 Å². The highest BCUT2D eigenvalue weighted by atomic mass is 16.5. The smallest absolute Gasteiger partial charge is 0.233 e. The molecule has 7 heteroatoms. The second kappa shape index (κ2) is 11.0. The van der Waals surface area contributed by atoms with Crippen molar-refractivity contribution in [2.75, 3.05) is 26.9 Å². The van der Waals surface area contributed by atoms with E-state index in [2.05, 4.69) is 13.0 Å². The predicted octanol–water partition coefficient (Wildman–Crippen LogP) is 4.11. The third-order valence-electron chi connectivity index (χ3n) is 7.35. The molecule has 3 heterocycles. The average Bonchev–Trinajstić information content (AvgIpc) is 3.52. The molecule has 7 nitrogen and oxygen atoms in total. The molecular formula is C27H37NO6. The second-order valence-corrected chi connectivity index (χ2v) is 9.64. The molecule has 3 aliphatic rings. The fourth-order valence-electron chi connectivity index (χ4n) is 5.95. The maximum absolute atomic E-state index is 13.2. The first-order chi connectivity index (χ1) is 16.5. The standard InChI is InChI=1S/C27H37NO6/c1-4-6-17(12-19-8-9-20(14-29)34-19)7-10-23-24-18(15-32-3)13-21-25(22(24)16-33-23)27(31)28(11-5-2)26(21)30/h8-9,12,21-23,25,29H,4-7,10-11,13-16H2,1-3H3/b17-12+/t21-,22+,23-,25-/m1/s1. The van der Waals surface area contributed by atoms with E-state index in [1.165, 1.54) is 16.0 Å². The van der Waals surface area contributed by atoms with Crippen molar-refractivity contribution in [1.82, 2.24) is 4.90 Å². The predicted molar refractivity (Wildman–Crippen MR) is 127 cm³/mol. The number of furan rings is 1. The Morgan fingerprint density at radius 2 is 2.00 bits per heavy atom. The van der Waals surface area contributed by atoms with Gasteiger partial charge in [-0.25, -0.2) is 0 Å². The van der Waals surface area contributed by atoms with Gasteiger partial charge in [-0.3, -0.25) is 14.5 Å². The van der Waals surface area contributed by atoms with Crippen LogP contribution in [0.4, 0.5) is 0 Å². The van der Waals surface area contributed by atoms with Crippen LogP contribution in [0.2, 0.25) is 0 Å². The summed E-state index contributed by atoms with van der Waals surface area (Å²) in [6, 6.07) is 3.68. The number of rotatable bonds is 11. The van der Waals surface area contributed by atoms with Gasteiger partial charge >= 0.3 is 0 Å². The number of fused-ring (bicyclic) bond motifs is 3. The number of carbonyl (C=O) groups is 2. The molecule has 4 atom stereocenters. The van der Waals surface area contributed by atoms with E-state index >= 15 is 0 Å². The zero-order valence-electron chi connectivity index (χ0n) is 20.5. The van der Waals surface area contributed by atoms with Crippen LogP contribution >= 0.6 is 0 Å². The number of nitrogens with zero attached hydrogens (tertiary/aromatic N) is 1. The SMILES string of the molecule is CCC/C(=C\c1ccc(CO)o1)CC[C@H]1OC[C@H]2C1=C(COC)C[C@H]1C(=O)N(CCC)C(=O)[C@H]12. The molecule has 1 aromatic heterocycles. The number of ether oxygens (including phenoxy) is 2. The number of likely N-dealkylation sites (tertiary alicyclic amines) is 1. The quantitative estimate of drug-likeness (QED) is 0.386. The van der Waals surface area contributed by atoms with E-state index in [-0.39, 0.29) is 42.3 Å². The lowest BCUT2D eigenvalue weighted by atomic mass is 9.69. The summed E-state index contributed by atoms with van der Waals surface area (Å²) < 4.78 is 17.5. The zero-order valence-corrected chi connectivity index (χ0v) is 20.5. The van der Waals surface area contributed by atoms with Crippen molar-refractivity contribution in [2.24, 2.45) is 17.8 Å². The number of aliphatic hydroxyl groups excluding tert-OH is 1. The fourth-order valence-corrected chi connectivity index (χ4v) is 5.95. The van der Waals surface area contributed by atoms with Gasteiger partial charge in [0.2, 0.25) is 11.8 Å². The van der Waals surface area contributed by atoms with E-state index in [0.717, 1.165) is 43.4 Å². The molecule has 1 aromatic rings. The van der Waals surface area contributed by atoms with Gasteiger partial charge in [0.15, 0.2) is 0 Å². The van der Waals surface area contributed by atoms with Crippen LogP contribution in [0, 0.1) is 17.8 Å². The number of amides is 2. The third-order valence-corrected chi connectivity index (χ3v) is 7.35. The Kier molecular flexibility index (Phi) is 8.06. The molecule has 186 valence electrons. The van der Waals surface area contributed by atoms with E-state index in [1.54, 1.807) is 13.2 Å². The van der Waals surface area contributed by atoms with Gasteiger partial charge in [-0.15, -0.1) is 0 Å². The van der Waals surface area contributed by atoms with Crippen LogP contribution < -0.4 is 0 Å². The molecule has 1 N–H and O–H groups in total. The van der Waals surface area contributed by atoms with Crippen LogP contribution in [0.15, 0.2) is 33.3 Å². The number of aliphatic hydroxyl groups is 1. The molecule has 2 fully saturated rings. The molecule has 34 heavy (non-hydrogen) atoms. The topological polar surface area (TPSA) is 89.2 Å². The van der Waals surface area contributed by atoms with Crippen molar-refractivity contribution >= 4 is 17.9 Å². The van der Waals surface area contributed by atoms with Crippen LogP contribution in [0.5, 0.6) is 0 Å². The summed E-state index contributed by atoms with van der Waals surface area (Å²) in [6.07, 6.45) is 7.01. The summed E-state index contributed by atoms with van der Waals surface area (Å²) in [6.45, 7) is 5.49. The van der Waals surface area contributed by atoms with E-state index in [4.69, 9.17) is 13.9 Å². The normalized spacial score (nSPS) is 27.1. The van der Waals surface area contributed by atoms with E-state index in [9.17, 15) is 14.7 Å². The molecule has 2 aliphatic heterocycles. The lowest BCUT2D eigenvalue weighted by Gasteiger charge is -2.31. The highest BCUT2D eigenvalue weighted by Crippen LogP contribution is 2.50. The molecule has 4 rings (SSSR count). The van der Waals surface area contributed by atoms with Gasteiger partial charge in [0.25, 0.3) is 0 Å². The number of hydrogen-bond donors (Lipinski definition) is 1. The van der Waals surface area contributed by atoms with Crippen molar-refractivity contribution in [1.29, 1.82) is 0 Å². The van der Waals surface area contributed by atoms with Crippen LogP contribution in [0.3, 0.4) is 0 Å². The number of imide groups is 1. The Morgan fingerprint density at radius 1 is 1.18 bits per heavy atom. The summed E-state index contributed by atoms with van der Waals surface area (Å²) in [5.41, 5.74) is 3.60. The lowest BCUT2D eigenvalue weighted by Crippen LogP contribution is -2.35. The van der Waals surface area contributed by atoms with Gasteiger partial charge in [0.1, 0.15) is 18.1 Å². The lowest BCUT2D eigenvalue weighted by molar-refractivity contribution is -0.140. The largest absolute Gasteiger partial charge is 0.459 e. The van der Waals surface area contributed by atoms with Gasteiger partial charge in [-0.1, -0.05) is 25.8 Å². The summed E-state index contributed by atoms with van der Waals surface area (Å²) >= 11 is 0. The number of allylic oxidation sites excluding steroid dienone is 1. The molecular weight excluding hydrogens is 434 g/mol. The number of hydrogen-bond acceptors (Lipinski definition) is 6. The Balaban J connectivity index is 1.53. The minimum Gasteiger partial charge on any atom is -0.459 e. The van der Waals surface area contributed by atoms with Crippen LogP contribution in [0.1, 0.15) is 63.9 Å². The third kappa shape index (κ3) is 4.79. The molecule has 0 spiro atoms. The Bertz CT molecular complexity index is 960. The summed E-state index contributed by atoms with van der Waals surface area (Å²) in [4.78, 5) is 27.7. The van der Waals surface area contributed by atoms with E-state index in [1.807, 2.05) is 13.0 Å². The number of methoxy groups -OCH3 is 1. The Morgan fingerprint density at radius 3 is 2.68 bits per heavy atom. The first-order valence-electron chi connectivity index (χ1n) is 12.6. The molecule has 0 aromatic carbocycles. The summed E-state index contributed by atoms with van der Waals surface area (Å²) in [5, 5.41) is 9.27. The van der Waals surface area contributed by atoms with Gasteiger partial charge in [0, 0.05) is 19.6 Å². The fraction of sp³-hybridized carbons (Fsp3) is 0.630. The zero-order chi connectivity index (χ0) is 24.2. The highest BCUT2D eigenvalue weighted by molar-refractivity contribution is 6.05. The minimum atomic E-state index is -0.301. The molecule has 0 unspecified atom stereocenters. The molecule has 0 radical (unpaired) electrons. The van der Waals surface area contributed by atoms with Crippen molar-refractivity contribution in [3.63, 3.8) is 0 Å². The summed E-state index contributed by atoms with van der Waals surface area (Å²) in [5.74, 6) is 0.640. The average molecular weight is 472 g/mol. The van der Waals surface area contributed by atoms with Crippen molar-refractivity contribution in [3.8, 4) is 0 Å². The van der Waals surface area contributed by atoms with E-state index < -0.39 is 0 Å². The van der Waals surface area contributed by atoms with Gasteiger partial charge in [-0.2, -0.15) is 0 Å². The van der Waals surface area contributed by atoms with Crippen LogP contribution in [-0.4, -0.2) is 54.8 Å². The van der Waals surface area contributed by atoms with Gasteiger partial charge in [0.05, 0.1) is 31.2 Å². The Labute approximate surface area is 201 Å². The molecule has 0 saturated carbocycles. The minimum absolute atomic E-state index is 0.0239. The van der Waals surface area contributed by atoms with Crippen molar-refractivity contribution in [2.45, 2.75) is 65.1 Å². The molecule has 2 saturated heterocycles. The molecule has 2 amide bonds. The maximum Gasteiger partial charge on any atom is 0.233 e. The van der Waals surface area contributed by atoms with Gasteiger partial charge < -0.3 is 19.0 Å². The van der Waals surface area contributed by atoms with E-state index in [0.29, 0.717) is 31.9 Å².